The van der Waals surface area contributed by atoms with Crippen molar-refractivity contribution in [1.82, 2.24) is 19.7 Å². The molecule has 3 aromatic rings. The molecule has 1 aromatic carbocycles. The van der Waals surface area contributed by atoms with Gasteiger partial charge in [-0.1, -0.05) is 0 Å². The molecule has 1 aliphatic heterocycles. The van der Waals surface area contributed by atoms with E-state index in [1.807, 2.05) is 52.7 Å². The van der Waals surface area contributed by atoms with Gasteiger partial charge in [-0.25, -0.2) is 4.98 Å². The molecule has 1 fully saturated rings. The van der Waals surface area contributed by atoms with Crippen LogP contribution in [0.3, 0.4) is 0 Å². The molecule has 3 heterocycles. The number of amides is 1. The molecule has 6 heteroatoms. The third-order valence-electron chi connectivity index (χ3n) is 4.25. The van der Waals surface area contributed by atoms with E-state index in [9.17, 15) is 4.79 Å². The minimum absolute atomic E-state index is 0.113. The highest BCUT2D eigenvalue weighted by Gasteiger charge is 2.28. The van der Waals surface area contributed by atoms with E-state index < -0.39 is 0 Å². The Morgan fingerprint density at radius 2 is 2.32 bits per heavy atom. The van der Waals surface area contributed by atoms with Gasteiger partial charge >= 0.3 is 0 Å². The highest BCUT2D eigenvalue weighted by Crippen LogP contribution is 2.28. The average Bonchev–Trinajstić information content (AvgIpc) is 3.25. The maximum Gasteiger partial charge on any atom is 0.253 e. The first-order valence-corrected chi connectivity index (χ1v) is 8.20. The number of fused-ring (bicyclic) bond motifs is 1. The molecular formula is C16H16N4OS. The number of nitrogens with zero attached hydrogens (tertiary/aromatic N) is 4. The van der Waals surface area contributed by atoms with Gasteiger partial charge in [0.25, 0.3) is 5.91 Å². The van der Waals surface area contributed by atoms with E-state index in [0.29, 0.717) is 5.92 Å². The summed E-state index contributed by atoms with van der Waals surface area (Å²) in [7, 11) is 1.92. The summed E-state index contributed by atoms with van der Waals surface area (Å²) in [5, 5.41) is 4.23. The normalized spacial score (nSPS) is 18.2. The number of benzene rings is 1. The van der Waals surface area contributed by atoms with Crippen LogP contribution in [0, 0.1) is 0 Å². The summed E-state index contributed by atoms with van der Waals surface area (Å²) in [4.78, 5) is 18.9. The molecule has 1 amide bonds. The molecule has 112 valence electrons. The number of hydrogen-bond acceptors (Lipinski definition) is 4. The van der Waals surface area contributed by atoms with Gasteiger partial charge in [0, 0.05) is 37.8 Å². The van der Waals surface area contributed by atoms with Gasteiger partial charge in [-0.2, -0.15) is 5.10 Å². The van der Waals surface area contributed by atoms with Crippen LogP contribution in [0.15, 0.2) is 36.1 Å². The number of aryl methyl sites for hydroxylation is 1. The predicted molar refractivity (Wildman–Crippen MR) is 86.1 cm³/mol. The van der Waals surface area contributed by atoms with Crippen molar-refractivity contribution in [2.24, 2.45) is 7.05 Å². The Hall–Kier alpha value is -2.21. The van der Waals surface area contributed by atoms with Crippen molar-refractivity contribution in [2.45, 2.75) is 12.3 Å². The van der Waals surface area contributed by atoms with Crippen molar-refractivity contribution in [2.75, 3.05) is 13.1 Å². The van der Waals surface area contributed by atoms with Gasteiger partial charge in [-0.05, 0) is 30.2 Å². The predicted octanol–water partition coefficient (Wildman–Crippen LogP) is 2.66. The molecule has 0 radical (unpaired) electrons. The lowest BCUT2D eigenvalue weighted by Gasteiger charge is -2.16. The molecule has 0 bridgehead atoms. The van der Waals surface area contributed by atoms with Crippen LogP contribution in [-0.4, -0.2) is 38.7 Å². The number of rotatable bonds is 2. The fourth-order valence-corrected chi connectivity index (χ4v) is 3.75. The second-order valence-electron chi connectivity index (χ2n) is 5.72. The number of likely N-dealkylation sites (tertiary alicyclic amines) is 1. The molecule has 2 aromatic heterocycles. The van der Waals surface area contributed by atoms with Crippen LogP contribution < -0.4 is 0 Å². The van der Waals surface area contributed by atoms with Crippen molar-refractivity contribution < 1.29 is 4.79 Å². The smallest absolute Gasteiger partial charge is 0.253 e. The van der Waals surface area contributed by atoms with Gasteiger partial charge in [0.1, 0.15) is 0 Å². The lowest BCUT2D eigenvalue weighted by molar-refractivity contribution is 0.0791. The summed E-state index contributed by atoms with van der Waals surface area (Å²) in [6, 6.07) is 5.75. The number of aromatic nitrogens is 3. The Kier molecular flexibility index (Phi) is 3.18. The first kappa shape index (κ1) is 13.5. The molecule has 4 rings (SSSR count). The second kappa shape index (κ2) is 5.21. The zero-order valence-electron chi connectivity index (χ0n) is 12.3. The zero-order valence-corrected chi connectivity index (χ0v) is 13.1. The minimum Gasteiger partial charge on any atom is -0.338 e. The van der Waals surface area contributed by atoms with Crippen molar-refractivity contribution in [3.8, 4) is 0 Å². The third kappa shape index (κ3) is 2.29. The van der Waals surface area contributed by atoms with E-state index in [-0.39, 0.29) is 5.91 Å². The zero-order chi connectivity index (χ0) is 15.1. The van der Waals surface area contributed by atoms with Gasteiger partial charge in [0.05, 0.1) is 21.9 Å². The van der Waals surface area contributed by atoms with E-state index in [2.05, 4.69) is 10.1 Å². The Morgan fingerprint density at radius 1 is 1.41 bits per heavy atom. The number of thiazole rings is 1. The van der Waals surface area contributed by atoms with Gasteiger partial charge in [0.15, 0.2) is 0 Å². The summed E-state index contributed by atoms with van der Waals surface area (Å²) >= 11 is 1.57. The van der Waals surface area contributed by atoms with E-state index in [1.165, 1.54) is 5.56 Å². The van der Waals surface area contributed by atoms with E-state index in [0.717, 1.165) is 35.3 Å². The quantitative estimate of drug-likeness (QED) is 0.731. The SMILES string of the molecule is Cn1cc([C@H]2CCN(C(=O)c3ccc4ncsc4c3)C2)cn1. The van der Waals surface area contributed by atoms with Crippen molar-refractivity contribution in [1.29, 1.82) is 0 Å². The van der Waals surface area contributed by atoms with Crippen LogP contribution >= 0.6 is 11.3 Å². The van der Waals surface area contributed by atoms with Crippen LogP contribution in [-0.2, 0) is 7.05 Å². The van der Waals surface area contributed by atoms with E-state index in [4.69, 9.17) is 0 Å². The molecule has 22 heavy (non-hydrogen) atoms. The van der Waals surface area contributed by atoms with Crippen LogP contribution in [0.2, 0.25) is 0 Å². The van der Waals surface area contributed by atoms with Gasteiger partial charge < -0.3 is 4.90 Å². The number of carbonyl (C=O) groups is 1. The summed E-state index contributed by atoms with van der Waals surface area (Å²) in [6.45, 7) is 1.57. The molecule has 5 nitrogen and oxygen atoms in total. The Bertz CT molecular complexity index is 837. The highest BCUT2D eigenvalue weighted by atomic mass is 32.1. The minimum atomic E-state index is 0.113. The molecule has 0 N–H and O–H groups in total. The molecule has 0 saturated carbocycles. The Morgan fingerprint density at radius 3 is 3.14 bits per heavy atom. The van der Waals surface area contributed by atoms with E-state index >= 15 is 0 Å². The van der Waals surface area contributed by atoms with Crippen LogP contribution in [0.25, 0.3) is 10.2 Å². The fraction of sp³-hybridized carbons (Fsp3) is 0.312. The second-order valence-corrected chi connectivity index (χ2v) is 6.61. The number of carbonyl (C=O) groups excluding carboxylic acids is 1. The van der Waals surface area contributed by atoms with Gasteiger partial charge in [-0.15, -0.1) is 11.3 Å². The summed E-state index contributed by atoms with van der Waals surface area (Å²) < 4.78 is 2.88. The Balaban J connectivity index is 1.53. The standard InChI is InChI=1S/C16H16N4OS/c1-19-8-13(7-18-19)12-4-5-20(9-12)16(21)11-2-3-14-15(6-11)22-10-17-14/h2-3,6-8,10,12H,4-5,9H2,1H3/t12-/m0/s1. The van der Waals surface area contributed by atoms with Crippen LogP contribution in [0.4, 0.5) is 0 Å². The van der Waals surface area contributed by atoms with Gasteiger partial charge in [-0.3, -0.25) is 9.48 Å². The maximum absolute atomic E-state index is 12.7. The molecule has 1 atom stereocenters. The van der Waals surface area contributed by atoms with E-state index in [1.54, 1.807) is 11.3 Å². The topological polar surface area (TPSA) is 51.0 Å². The highest BCUT2D eigenvalue weighted by molar-refractivity contribution is 7.16. The van der Waals surface area contributed by atoms with Gasteiger partial charge in [0.2, 0.25) is 0 Å². The molecule has 1 aliphatic rings. The molecule has 1 saturated heterocycles. The maximum atomic E-state index is 12.7. The van der Waals surface area contributed by atoms with Crippen LogP contribution in [0.5, 0.6) is 0 Å². The first-order chi connectivity index (χ1) is 10.7. The molecule has 0 unspecified atom stereocenters. The largest absolute Gasteiger partial charge is 0.338 e. The average molecular weight is 312 g/mol. The van der Waals surface area contributed by atoms with Crippen molar-refractivity contribution >= 4 is 27.5 Å². The fourth-order valence-electron chi connectivity index (χ4n) is 3.04. The van der Waals surface area contributed by atoms with Crippen molar-refractivity contribution in [3.05, 3.63) is 47.2 Å². The van der Waals surface area contributed by atoms with Crippen molar-refractivity contribution in [3.63, 3.8) is 0 Å². The molecule has 0 aliphatic carbocycles. The lowest BCUT2D eigenvalue weighted by Crippen LogP contribution is -2.28. The monoisotopic (exact) mass is 312 g/mol. The third-order valence-corrected chi connectivity index (χ3v) is 5.04. The first-order valence-electron chi connectivity index (χ1n) is 7.32. The summed E-state index contributed by atoms with van der Waals surface area (Å²) in [6.07, 6.45) is 4.95. The number of hydrogen-bond donors (Lipinski definition) is 0. The lowest BCUT2D eigenvalue weighted by atomic mass is 10.0. The molecule has 0 spiro atoms. The summed E-state index contributed by atoms with van der Waals surface area (Å²) in [5.41, 5.74) is 4.74. The van der Waals surface area contributed by atoms with Crippen LogP contribution in [0.1, 0.15) is 28.3 Å². The Labute approximate surface area is 132 Å². The summed E-state index contributed by atoms with van der Waals surface area (Å²) in [5.74, 6) is 0.506. The molecular weight excluding hydrogens is 296 g/mol.